The van der Waals surface area contributed by atoms with E-state index in [9.17, 15) is 9.90 Å². The minimum Gasteiger partial charge on any atom is -0.465 e. The summed E-state index contributed by atoms with van der Waals surface area (Å²) < 4.78 is 4.95. The summed E-state index contributed by atoms with van der Waals surface area (Å²) in [5.74, 6) is 0.203. The van der Waals surface area contributed by atoms with Crippen molar-refractivity contribution < 1.29 is 14.6 Å². The Morgan fingerprint density at radius 2 is 2.31 bits per heavy atom. The van der Waals surface area contributed by atoms with Crippen LogP contribution >= 0.6 is 0 Å². The molecule has 0 aliphatic heterocycles. The Hall–Kier alpha value is -0.610. The minimum atomic E-state index is -1.12. The number of hydrogen-bond donors (Lipinski definition) is 2. The Labute approximate surface area is 78.1 Å². The summed E-state index contributed by atoms with van der Waals surface area (Å²) in [6.07, 6.45) is 2.29. The first-order valence-electron chi connectivity index (χ1n) is 4.61. The number of aliphatic hydroxyl groups is 1. The highest BCUT2D eigenvalue weighted by atomic mass is 16.5. The standard InChI is InChI=1S/C9H17NO3/c1-9(12,6-10)4-8(11)13-5-7-2-3-7/h7,12H,2-6,10H2,1H3. The molecule has 0 aromatic rings. The average Bonchev–Trinajstić information content (AvgIpc) is 2.83. The van der Waals surface area contributed by atoms with Gasteiger partial charge in [-0.1, -0.05) is 0 Å². The Balaban J connectivity index is 2.15. The van der Waals surface area contributed by atoms with Gasteiger partial charge < -0.3 is 15.6 Å². The van der Waals surface area contributed by atoms with E-state index in [1.54, 1.807) is 0 Å². The zero-order valence-corrected chi connectivity index (χ0v) is 7.95. The summed E-state index contributed by atoms with van der Waals surface area (Å²) >= 11 is 0. The van der Waals surface area contributed by atoms with E-state index < -0.39 is 5.60 Å². The first-order chi connectivity index (χ1) is 6.03. The van der Waals surface area contributed by atoms with Gasteiger partial charge in [0.2, 0.25) is 0 Å². The molecule has 0 heterocycles. The minimum absolute atomic E-state index is 0.0176. The van der Waals surface area contributed by atoms with Crippen LogP contribution in [0.3, 0.4) is 0 Å². The van der Waals surface area contributed by atoms with E-state index in [-0.39, 0.29) is 18.9 Å². The first-order valence-corrected chi connectivity index (χ1v) is 4.61. The fraction of sp³-hybridized carbons (Fsp3) is 0.889. The molecule has 4 nitrogen and oxygen atoms in total. The smallest absolute Gasteiger partial charge is 0.308 e. The van der Waals surface area contributed by atoms with Crippen molar-refractivity contribution in [2.45, 2.75) is 31.8 Å². The molecule has 0 radical (unpaired) electrons. The van der Waals surface area contributed by atoms with Gasteiger partial charge in [0, 0.05) is 6.54 Å². The van der Waals surface area contributed by atoms with Crippen molar-refractivity contribution in [3.05, 3.63) is 0 Å². The van der Waals surface area contributed by atoms with Crippen LogP contribution in [0.15, 0.2) is 0 Å². The molecular weight excluding hydrogens is 170 g/mol. The van der Waals surface area contributed by atoms with E-state index in [0.29, 0.717) is 12.5 Å². The van der Waals surface area contributed by atoms with E-state index in [2.05, 4.69) is 0 Å². The SMILES string of the molecule is CC(O)(CN)CC(=O)OCC1CC1. The van der Waals surface area contributed by atoms with Crippen molar-refractivity contribution in [2.24, 2.45) is 11.7 Å². The van der Waals surface area contributed by atoms with Gasteiger partial charge in [0.1, 0.15) is 0 Å². The maximum absolute atomic E-state index is 11.1. The molecule has 76 valence electrons. The third kappa shape index (κ3) is 4.24. The van der Waals surface area contributed by atoms with Gasteiger partial charge in [-0.05, 0) is 25.7 Å². The van der Waals surface area contributed by atoms with Crippen LogP contribution in [0.4, 0.5) is 0 Å². The van der Waals surface area contributed by atoms with Crippen molar-refractivity contribution in [3.63, 3.8) is 0 Å². The zero-order chi connectivity index (χ0) is 9.90. The monoisotopic (exact) mass is 187 g/mol. The number of carbonyl (C=O) groups excluding carboxylic acids is 1. The molecule has 0 spiro atoms. The first kappa shape index (κ1) is 10.5. The summed E-state index contributed by atoms with van der Waals surface area (Å²) in [4.78, 5) is 11.1. The van der Waals surface area contributed by atoms with Crippen LogP contribution in [-0.4, -0.2) is 29.8 Å². The van der Waals surface area contributed by atoms with Gasteiger partial charge in [-0.15, -0.1) is 0 Å². The van der Waals surface area contributed by atoms with Crippen molar-refractivity contribution in [1.29, 1.82) is 0 Å². The second-order valence-corrected chi connectivity index (χ2v) is 4.00. The third-order valence-corrected chi connectivity index (χ3v) is 2.14. The lowest BCUT2D eigenvalue weighted by Crippen LogP contribution is -2.37. The number of ether oxygens (including phenoxy) is 1. The maximum Gasteiger partial charge on any atom is 0.308 e. The van der Waals surface area contributed by atoms with E-state index >= 15 is 0 Å². The predicted molar refractivity (Wildman–Crippen MR) is 48.0 cm³/mol. The quantitative estimate of drug-likeness (QED) is 0.596. The maximum atomic E-state index is 11.1. The molecule has 13 heavy (non-hydrogen) atoms. The molecule has 1 fully saturated rings. The largest absolute Gasteiger partial charge is 0.465 e. The van der Waals surface area contributed by atoms with Gasteiger partial charge >= 0.3 is 5.97 Å². The molecule has 1 atom stereocenters. The van der Waals surface area contributed by atoms with Gasteiger partial charge in [-0.2, -0.15) is 0 Å². The van der Waals surface area contributed by atoms with Gasteiger partial charge in [0.15, 0.2) is 0 Å². The van der Waals surface area contributed by atoms with Crippen LogP contribution in [-0.2, 0) is 9.53 Å². The lowest BCUT2D eigenvalue weighted by molar-refractivity contribution is -0.148. The molecule has 0 saturated heterocycles. The van der Waals surface area contributed by atoms with Crippen LogP contribution in [0, 0.1) is 5.92 Å². The summed E-state index contributed by atoms with van der Waals surface area (Å²) in [6, 6.07) is 0. The van der Waals surface area contributed by atoms with Crippen LogP contribution in [0.1, 0.15) is 26.2 Å². The van der Waals surface area contributed by atoms with E-state index in [0.717, 1.165) is 12.8 Å². The topological polar surface area (TPSA) is 72.5 Å². The third-order valence-electron chi connectivity index (χ3n) is 2.14. The lowest BCUT2D eigenvalue weighted by Gasteiger charge is -2.19. The zero-order valence-electron chi connectivity index (χ0n) is 7.95. The van der Waals surface area contributed by atoms with Gasteiger partial charge in [-0.3, -0.25) is 4.79 Å². The van der Waals surface area contributed by atoms with Crippen LogP contribution in [0.2, 0.25) is 0 Å². The summed E-state index contributed by atoms with van der Waals surface area (Å²) in [7, 11) is 0. The molecule has 1 rings (SSSR count). The Morgan fingerprint density at radius 3 is 2.77 bits per heavy atom. The molecule has 1 aliphatic carbocycles. The number of rotatable bonds is 5. The van der Waals surface area contributed by atoms with Crippen molar-refractivity contribution in [2.75, 3.05) is 13.2 Å². The highest BCUT2D eigenvalue weighted by molar-refractivity contribution is 5.70. The Morgan fingerprint density at radius 1 is 1.69 bits per heavy atom. The van der Waals surface area contributed by atoms with E-state index in [1.807, 2.05) is 0 Å². The van der Waals surface area contributed by atoms with E-state index in [1.165, 1.54) is 6.92 Å². The lowest BCUT2D eigenvalue weighted by atomic mass is 10.0. The molecular formula is C9H17NO3. The van der Waals surface area contributed by atoms with Crippen molar-refractivity contribution >= 4 is 5.97 Å². The van der Waals surface area contributed by atoms with Gasteiger partial charge in [0.05, 0.1) is 18.6 Å². The summed E-state index contributed by atoms with van der Waals surface area (Å²) in [6.45, 7) is 2.11. The Bertz CT molecular complexity index is 187. The molecule has 1 unspecified atom stereocenters. The molecule has 0 amide bonds. The van der Waals surface area contributed by atoms with Crippen LogP contribution in [0.5, 0.6) is 0 Å². The highest BCUT2D eigenvalue weighted by Crippen LogP contribution is 2.29. The fourth-order valence-electron chi connectivity index (χ4n) is 0.929. The average molecular weight is 187 g/mol. The molecule has 4 heteroatoms. The summed E-state index contributed by atoms with van der Waals surface area (Å²) in [5.41, 5.74) is 4.14. The second kappa shape index (κ2) is 4.07. The molecule has 1 aliphatic rings. The molecule has 0 aromatic heterocycles. The van der Waals surface area contributed by atoms with Crippen molar-refractivity contribution in [1.82, 2.24) is 0 Å². The second-order valence-electron chi connectivity index (χ2n) is 4.00. The number of esters is 1. The fourth-order valence-corrected chi connectivity index (χ4v) is 0.929. The van der Waals surface area contributed by atoms with Gasteiger partial charge in [0.25, 0.3) is 0 Å². The molecule has 1 saturated carbocycles. The van der Waals surface area contributed by atoms with Crippen LogP contribution < -0.4 is 5.73 Å². The van der Waals surface area contributed by atoms with E-state index in [4.69, 9.17) is 10.5 Å². The molecule has 0 aromatic carbocycles. The molecule has 3 N–H and O–H groups in total. The number of carbonyl (C=O) groups is 1. The predicted octanol–water partition coefficient (Wildman–Crippen LogP) is 0.0394. The number of hydrogen-bond acceptors (Lipinski definition) is 4. The van der Waals surface area contributed by atoms with Gasteiger partial charge in [-0.25, -0.2) is 0 Å². The Kier molecular flexibility index (Phi) is 3.27. The number of nitrogens with two attached hydrogens (primary N) is 1. The normalized spacial score (nSPS) is 20.8. The highest BCUT2D eigenvalue weighted by Gasteiger charge is 2.26. The summed E-state index contributed by atoms with van der Waals surface area (Å²) in [5, 5.41) is 9.45. The molecule has 0 bridgehead atoms. The van der Waals surface area contributed by atoms with Crippen LogP contribution in [0.25, 0.3) is 0 Å². The van der Waals surface area contributed by atoms with Crippen molar-refractivity contribution in [3.8, 4) is 0 Å².